The maximum atomic E-state index is 11.0. The number of hydrogen-bond acceptors (Lipinski definition) is 9. The average Bonchev–Trinajstić information content (AvgIpc) is 3.21. The molecule has 1 aliphatic heterocycles. The Labute approximate surface area is 170 Å². The smallest absolute Gasteiger partial charge is 0.269 e. The molecular weight excluding hydrogens is 396 g/mol. The number of aromatic hydroxyl groups is 1. The number of aliphatic hydroxyl groups excluding tert-OH is 1. The minimum Gasteiger partial charge on any atom is -0.492 e. The molecule has 1 aromatic carbocycles. The lowest BCUT2D eigenvalue weighted by Crippen LogP contribution is -2.48. The lowest BCUT2D eigenvalue weighted by Gasteiger charge is -2.38. The number of thiazole rings is 1. The number of aromatic nitrogens is 3. The predicted molar refractivity (Wildman–Crippen MR) is 107 cm³/mol. The third kappa shape index (κ3) is 3.81. The second-order valence-electron chi connectivity index (χ2n) is 7.00. The number of benzene rings is 1. The second kappa shape index (κ2) is 8.03. The topological polar surface area (TPSA) is 120 Å². The maximum absolute atomic E-state index is 11.0. The van der Waals surface area contributed by atoms with Gasteiger partial charge in [0.2, 0.25) is 10.8 Å². The van der Waals surface area contributed by atoms with E-state index in [1.165, 1.54) is 28.0 Å². The second-order valence-corrected chi connectivity index (χ2v) is 8.00. The number of nitrogens with zero attached hydrogens (tertiary/aromatic N) is 6. The van der Waals surface area contributed by atoms with E-state index in [1.54, 1.807) is 19.1 Å². The van der Waals surface area contributed by atoms with Crippen molar-refractivity contribution in [3.05, 3.63) is 50.6 Å². The molecule has 3 heterocycles. The number of piperazine rings is 1. The van der Waals surface area contributed by atoms with Gasteiger partial charge < -0.3 is 10.2 Å². The summed E-state index contributed by atoms with van der Waals surface area (Å²) in [7, 11) is 0. The molecule has 1 fully saturated rings. The molecule has 0 saturated carbocycles. The molecule has 4 rings (SSSR count). The van der Waals surface area contributed by atoms with Crippen LogP contribution in [0.5, 0.6) is 5.88 Å². The van der Waals surface area contributed by atoms with Crippen LogP contribution in [0.2, 0.25) is 0 Å². The molecule has 2 N–H and O–H groups in total. The molecule has 1 atom stereocenters. The van der Waals surface area contributed by atoms with Crippen LogP contribution in [-0.2, 0) is 0 Å². The SMILES string of the molecule is Cc1nc2sc([C@H](c3ccc([N+](=O)[O-])cc3)N3CCN(CCO)CC3)c(O)n2n1. The fourth-order valence-electron chi connectivity index (χ4n) is 3.72. The first kappa shape index (κ1) is 19.7. The first-order valence-electron chi connectivity index (χ1n) is 9.34. The van der Waals surface area contributed by atoms with E-state index in [0.29, 0.717) is 22.2 Å². The Bertz CT molecular complexity index is 1010. The van der Waals surface area contributed by atoms with Crippen LogP contribution >= 0.6 is 11.3 Å². The van der Waals surface area contributed by atoms with Gasteiger partial charge in [-0.1, -0.05) is 23.5 Å². The van der Waals surface area contributed by atoms with Crippen molar-refractivity contribution in [3.63, 3.8) is 0 Å². The highest BCUT2D eigenvalue weighted by Crippen LogP contribution is 2.40. The van der Waals surface area contributed by atoms with Gasteiger partial charge in [-0.05, 0) is 12.5 Å². The number of nitro benzene ring substituents is 1. The zero-order valence-electron chi connectivity index (χ0n) is 15.9. The Balaban J connectivity index is 1.71. The van der Waals surface area contributed by atoms with Crippen LogP contribution < -0.4 is 0 Å². The van der Waals surface area contributed by atoms with Gasteiger partial charge in [-0.25, -0.2) is 4.98 Å². The first-order valence-corrected chi connectivity index (χ1v) is 10.2. The van der Waals surface area contributed by atoms with Gasteiger partial charge in [0.05, 0.1) is 22.4 Å². The predicted octanol–water partition coefficient (Wildman–Crippen LogP) is 1.41. The highest BCUT2D eigenvalue weighted by Gasteiger charge is 2.31. The van der Waals surface area contributed by atoms with Crippen molar-refractivity contribution in [2.45, 2.75) is 13.0 Å². The number of rotatable bonds is 6. The van der Waals surface area contributed by atoms with Crippen molar-refractivity contribution >= 4 is 22.0 Å². The molecule has 0 spiro atoms. The zero-order chi connectivity index (χ0) is 20.5. The van der Waals surface area contributed by atoms with Crippen LogP contribution in [0.4, 0.5) is 5.69 Å². The minimum absolute atomic E-state index is 0.0303. The highest BCUT2D eigenvalue weighted by atomic mass is 32.1. The molecule has 0 radical (unpaired) electrons. The van der Waals surface area contributed by atoms with Gasteiger partial charge in [0.25, 0.3) is 5.69 Å². The van der Waals surface area contributed by atoms with Crippen molar-refractivity contribution in [1.29, 1.82) is 0 Å². The number of nitro groups is 1. The lowest BCUT2D eigenvalue weighted by molar-refractivity contribution is -0.384. The van der Waals surface area contributed by atoms with Crippen molar-refractivity contribution < 1.29 is 15.1 Å². The molecule has 0 amide bonds. The van der Waals surface area contributed by atoms with Crippen LogP contribution in [-0.4, -0.2) is 78.9 Å². The van der Waals surface area contributed by atoms with Crippen molar-refractivity contribution in [1.82, 2.24) is 24.4 Å². The Morgan fingerprint density at radius 2 is 1.93 bits per heavy atom. The molecule has 0 unspecified atom stereocenters. The summed E-state index contributed by atoms with van der Waals surface area (Å²) in [6.07, 6.45) is 0. The summed E-state index contributed by atoms with van der Waals surface area (Å²) in [5, 5.41) is 35.3. The maximum Gasteiger partial charge on any atom is 0.269 e. The molecule has 29 heavy (non-hydrogen) atoms. The third-order valence-electron chi connectivity index (χ3n) is 5.16. The summed E-state index contributed by atoms with van der Waals surface area (Å²) in [5.41, 5.74) is 0.894. The largest absolute Gasteiger partial charge is 0.492 e. The molecule has 2 aromatic heterocycles. The molecule has 11 heteroatoms. The Hall–Kier alpha value is -2.60. The van der Waals surface area contributed by atoms with Gasteiger partial charge in [-0.15, -0.1) is 5.10 Å². The number of β-amino-alcohol motifs (C(OH)–C–C–N with tert-alkyl or cyclic N) is 1. The number of hydrogen-bond donors (Lipinski definition) is 2. The van der Waals surface area contributed by atoms with Crippen molar-refractivity contribution in [2.24, 2.45) is 0 Å². The quantitative estimate of drug-likeness (QED) is 0.455. The van der Waals surface area contributed by atoms with Gasteiger partial charge in [-0.3, -0.25) is 19.9 Å². The van der Waals surface area contributed by atoms with Crippen LogP contribution in [0, 0.1) is 17.0 Å². The highest BCUT2D eigenvalue weighted by molar-refractivity contribution is 7.17. The van der Waals surface area contributed by atoms with Gasteiger partial charge >= 0.3 is 0 Å². The number of non-ortho nitro benzene ring substituents is 1. The van der Waals surface area contributed by atoms with E-state index in [-0.39, 0.29) is 24.2 Å². The normalized spacial score (nSPS) is 17.0. The van der Waals surface area contributed by atoms with Crippen LogP contribution in [0.1, 0.15) is 22.3 Å². The zero-order valence-corrected chi connectivity index (χ0v) is 16.7. The summed E-state index contributed by atoms with van der Waals surface area (Å²) >= 11 is 1.37. The van der Waals surface area contributed by atoms with Gasteiger partial charge in [-0.2, -0.15) is 4.52 Å². The van der Waals surface area contributed by atoms with Crippen molar-refractivity contribution in [3.8, 4) is 5.88 Å². The number of aliphatic hydroxyl groups is 1. The van der Waals surface area contributed by atoms with Gasteiger partial charge in [0, 0.05) is 44.9 Å². The fraction of sp³-hybridized carbons (Fsp3) is 0.444. The Morgan fingerprint density at radius 1 is 1.24 bits per heavy atom. The summed E-state index contributed by atoms with van der Waals surface area (Å²) < 4.78 is 1.44. The lowest BCUT2D eigenvalue weighted by atomic mass is 10.0. The van der Waals surface area contributed by atoms with Gasteiger partial charge in [0.15, 0.2) is 0 Å². The van der Waals surface area contributed by atoms with Crippen molar-refractivity contribution in [2.75, 3.05) is 39.3 Å². The number of fused-ring (bicyclic) bond motifs is 1. The van der Waals surface area contributed by atoms with E-state index in [9.17, 15) is 20.3 Å². The molecular formula is C18H22N6O4S. The molecule has 3 aromatic rings. The monoisotopic (exact) mass is 418 g/mol. The summed E-state index contributed by atoms with van der Waals surface area (Å²) in [5.74, 6) is 0.634. The average molecular weight is 418 g/mol. The fourth-order valence-corrected chi connectivity index (χ4v) is 4.88. The van der Waals surface area contributed by atoms with Gasteiger partial charge in [0.1, 0.15) is 5.82 Å². The first-order chi connectivity index (χ1) is 14.0. The van der Waals surface area contributed by atoms with Crippen LogP contribution in [0.15, 0.2) is 24.3 Å². The molecule has 0 aliphatic carbocycles. The van der Waals surface area contributed by atoms with E-state index in [0.717, 1.165) is 31.7 Å². The van der Waals surface area contributed by atoms with E-state index in [2.05, 4.69) is 19.9 Å². The molecule has 154 valence electrons. The third-order valence-corrected chi connectivity index (χ3v) is 6.23. The summed E-state index contributed by atoms with van der Waals surface area (Å²) in [4.78, 5) is 20.7. The summed E-state index contributed by atoms with van der Waals surface area (Å²) in [6, 6.07) is 6.19. The molecule has 1 saturated heterocycles. The molecule has 0 bridgehead atoms. The van der Waals surface area contributed by atoms with E-state index < -0.39 is 4.92 Å². The number of aryl methyl sites for hydroxylation is 1. The minimum atomic E-state index is -0.421. The van der Waals surface area contributed by atoms with E-state index in [1.807, 2.05) is 0 Å². The molecule has 10 nitrogen and oxygen atoms in total. The molecule has 1 aliphatic rings. The summed E-state index contributed by atoms with van der Waals surface area (Å²) in [6.45, 7) is 5.61. The standard InChI is InChI=1S/C18H22N6O4S/c1-12-19-18-23(20-12)17(26)16(29-18)15(13-2-4-14(5-3-13)24(27)28)22-8-6-21(7-9-22)10-11-25/h2-5,15,25-26H,6-11H2,1H3/t15-/m0/s1. The van der Waals surface area contributed by atoms with Crippen LogP contribution in [0.3, 0.4) is 0 Å². The Kier molecular flexibility index (Phi) is 5.46. The van der Waals surface area contributed by atoms with Crippen LogP contribution in [0.25, 0.3) is 4.96 Å². The Morgan fingerprint density at radius 3 is 2.52 bits per heavy atom. The van der Waals surface area contributed by atoms with E-state index >= 15 is 0 Å². The van der Waals surface area contributed by atoms with E-state index in [4.69, 9.17) is 0 Å².